The van der Waals surface area contributed by atoms with Gasteiger partial charge in [-0.2, -0.15) is 4.39 Å². The lowest BCUT2D eigenvalue weighted by molar-refractivity contribution is -0.165. The Kier molecular flexibility index (Phi) is 8.29. The highest BCUT2D eigenvalue weighted by atomic mass is 19.2. The number of hydrazine groups is 1. The lowest BCUT2D eigenvalue weighted by Crippen LogP contribution is -2.64. The molecule has 0 bridgehead atoms. The van der Waals surface area contributed by atoms with Crippen LogP contribution in [-0.4, -0.2) is 59.7 Å². The molecular weight excluding hydrogens is 424 g/mol. The van der Waals surface area contributed by atoms with Crippen LogP contribution >= 0.6 is 0 Å². The fourth-order valence-electron chi connectivity index (χ4n) is 5.01. The number of hydrogen-bond acceptors (Lipinski definition) is 4. The Morgan fingerprint density at radius 1 is 1.15 bits per heavy atom. The van der Waals surface area contributed by atoms with E-state index in [1.807, 2.05) is 19.0 Å². The number of rotatable bonds is 11. The highest BCUT2D eigenvalue weighted by Gasteiger charge is 2.50. The minimum absolute atomic E-state index is 0.0501. The topological polar surface area (TPSA) is 36.0 Å². The predicted molar refractivity (Wildman–Crippen MR) is 127 cm³/mol. The highest BCUT2D eigenvalue weighted by Crippen LogP contribution is 2.47. The number of likely N-dealkylation sites (N-methyl/N-ethyl adjacent to an activating group) is 1. The second-order valence-electron chi connectivity index (χ2n) is 9.06. The van der Waals surface area contributed by atoms with Gasteiger partial charge < -0.3 is 4.74 Å². The van der Waals surface area contributed by atoms with Gasteiger partial charge in [-0.15, -0.1) is 0 Å². The first-order chi connectivity index (χ1) is 15.8. The van der Waals surface area contributed by atoms with Crippen LogP contribution in [-0.2, 0) is 11.3 Å². The van der Waals surface area contributed by atoms with Crippen LogP contribution in [0.1, 0.15) is 58.4 Å². The molecule has 5 nitrogen and oxygen atoms in total. The average molecular weight is 462 g/mol. The average Bonchev–Trinajstić information content (AvgIpc) is 2.75. The first-order valence-corrected chi connectivity index (χ1v) is 12.0. The van der Waals surface area contributed by atoms with Crippen molar-refractivity contribution in [1.82, 2.24) is 14.9 Å². The van der Waals surface area contributed by atoms with Crippen molar-refractivity contribution >= 4 is 5.91 Å². The van der Waals surface area contributed by atoms with Crippen LogP contribution < -0.4 is 4.74 Å². The van der Waals surface area contributed by atoms with Crippen molar-refractivity contribution in [2.24, 2.45) is 0 Å². The van der Waals surface area contributed by atoms with Crippen molar-refractivity contribution in [2.45, 2.75) is 65.0 Å². The van der Waals surface area contributed by atoms with Crippen molar-refractivity contribution < 1.29 is 18.3 Å². The van der Waals surface area contributed by atoms with Crippen LogP contribution in [0.15, 0.2) is 35.9 Å². The monoisotopic (exact) mass is 461 g/mol. The van der Waals surface area contributed by atoms with Gasteiger partial charge in [0.05, 0.1) is 12.1 Å². The Balaban J connectivity index is 1.74. The smallest absolute Gasteiger partial charge is 0.268 e. The molecule has 7 heteroatoms. The summed E-state index contributed by atoms with van der Waals surface area (Å²) >= 11 is 0. The normalized spacial score (nSPS) is 18.3. The molecule has 1 aromatic rings. The molecule has 1 saturated carbocycles. The number of carbonyl (C=O) groups is 1. The zero-order valence-corrected chi connectivity index (χ0v) is 20.4. The molecule has 0 unspecified atom stereocenters. The first-order valence-electron chi connectivity index (χ1n) is 12.0. The summed E-state index contributed by atoms with van der Waals surface area (Å²) in [7, 11) is 1.85. The molecule has 2 aliphatic rings. The first kappa shape index (κ1) is 25.4. The second kappa shape index (κ2) is 10.8. The van der Waals surface area contributed by atoms with Gasteiger partial charge in [0.1, 0.15) is 6.61 Å². The molecule has 0 saturated heterocycles. The molecule has 1 fully saturated rings. The van der Waals surface area contributed by atoms with E-state index in [9.17, 15) is 13.6 Å². The molecule has 1 aromatic carbocycles. The molecule has 1 aliphatic heterocycles. The van der Waals surface area contributed by atoms with Crippen molar-refractivity contribution in [3.63, 3.8) is 0 Å². The maximum atomic E-state index is 15.0. The molecule has 1 spiro atoms. The van der Waals surface area contributed by atoms with E-state index in [0.29, 0.717) is 18.7 Å². The third-order valence-corrected chi connectivity index (χ3v) is 7.13. The van der Waals surface area contributed by atoms with Crippen LogP contribution in [0, 0.1) is 11.6 Å². The number of nitrogens with zero attached hydrogens (tertiary/aromatic N) is 3. The summed E-state index contributed by atoms with van der Waals surface area (Å²) in [5.74, 6) is -2.32. The Bertz CT molecular complexity index is 905. The predicted octanol–water partition coefficient (Wildman–Crippen LogP) is 5.08. The number of ether oxygens (including phenoxy) is 1. The minimum Gasteiger partial charge on any atom is -0.489 e. The minimum atomic E-state index is -1.01. The Morgan fingerprint density at radius 3 is 2.36 bits per heavy atom. The summed E-state index contributed by atoms with van der Waals surface area (Å²) in [6.07, 6.45) is 6.55. The van der Waals surface area contributed by atoms with Crippen molar-refractivity contribution in [3.05, 3.63) is 53.1 Å². The second-order valence-corrected chi connectivity index (χ2v) is 9.06. The van der Waals surface area contributed by atoms with E-state index in [-0.39, 0.29) is 29.3 Å². The molecule has 1 amide bonds. The van der Waals surface area contributed by atoms with Gasteiger partial charge in [-0.3, -0.25) is 14.7 Å². The summed E-state index contributed by atoms with van der Waals surface area (Å²) < 4.78 is 35.4. The van der Waals surface area contributed by atoms with Gasteiger partial charge in [-0.25, -0.2) is 9.40 Å². The fraction of sp³-hybridized carbons (Fsp3) is 0.577. The molecule has 182 valence electrons. The van der Waals surface area contributed by atoms with Gasteiger partial charge in [-0.05, 0) is 63.8 Å². The molecule has 0 N–H and O–H groups in total. The fourth-order valence-corrected chi connectivity index (χ4v) is 5.01. The molecule has 0 aromatic heterocycles. The number of amides is 1. The van der Waals surface area contributed by atoms with E-state index in [2.05, 4.69) is 25.3 Å². The van der Waals surface area contributed by atoms with E-state index in [0.717, 1.165) is 50.8 Å². The van der Waals surface area contributed by atoms with Crippen LogP contribution in [0.2, 0.25) is 0 Å². The maximum absolute atomic E-state index is 15.0. The largest absolute Gasteiger partial charge is 0.489 e. The van der Waals surface area contributed by atoms with Gasteiger partial charge in [0.25, 0.3) is 5.91 Å². The molecule has 3 rings (SSSR count). The summed E-state index contributed by atoms with van der Waals surface area (Å²) in [5.41, 5.74) is 1.43. The van der Waals surface area contributed by atoms with Crippen LogP contribution in [0.4, 0.5) is 8.78 Å². The zero-order valence-electron chi connectivity index (χ0n) is 20.4. The van der Waals surface area contributed by atoms with Gasteiger partial charge >= 0.3 is 0 Å². The summed E-state index contributed by atoms with van der Waals surface area (Å²) in [5, 5.41) is 3.41. The number of hydrogen-bond donors (Lipinski definition) is 0. The van der Waals surface area contributed by atoms with Crippen molar-refractivity contribution in [3.8, 4) is 5.75 Å². The molecule has 33 heavy (non-hydrogen) atoms. The zero-order chi connectivity index (χ0) is 24.2. The Morgan fingerprint density at radius 2 is 1.82 bits per heavy atom. The van der Waals surface area contributed by atoms with Gasteiger partial charge in [0.2, 0.25) is 5.82 Å². The summed E-state index contributed by atoms with van der Waals surface area (Å²) in [6.45, 7) is 12.8. The Labute approximate surface area is 196 Å². The van der Waals surface area contributed by atoms with Gasteiger partial charge in [-0.1, -0.05) is 32.6 Å². The van der Waals surface area contributed by atoms with E-state index < -0.39 is 11.6 Å². The number of halogens is 2. The Hall–Kier alpha value is -2.25. The molecule has 0 radical (unpaired) electrons. The third-order valence-electron chi connectivity index (χ3n) is 7.13. The van der Waals surface area contributed by atoms with E-state index >= 15 is 0 Å². The standard InChI is InChI=1S/C26H37F2N3O2/c1-6-14-30(15-7-2)16-17-33-22-11-10-20(23(27)24(22)28)18-31-25(32)21(8-3)19(4)26(29(31)5)12-9-13-26/h8,10-11H,3,6-7,9,12-18H2,1-2,4-5H3. The lowest BCUT2D eigenvalue weighted by atomic mass is 9.69. The van der Waals surface area contributed by atoms with Crippen molar-refractivity contribution in [2.75, 3.05) is 33.3 Å². The summed E-state index contributed by atoms with van der Waals surface area (Å²) in [4.78, 5) is 15.3. The van der Waals surface area contributed by atoms with E-state index in [1.54, 1.807) is 6.08 Å². The lowest BCUT2D eigenvalue weighted by Gasteiger charge is -2.56. The van der Waals surface area contributed by atoms with Gasteiger partial charge in [0, 0.05) is 24.7 Å². The van der Waals surface area contributed by atoms with Crippen LogP contribution in [0.25, 0.3) is 0 Å². The summed E-state index contributed by atoms with van der Waals surface area (Å²) in [6, 6.07) is 2.97. The molecule has 0 atom stereocenters. The number of benzene rings is 1. The van der Waals surface area contributed by atoms with Crippen LogP contribution in [0.3, 0.4) is 0 Å². The maximum Gasteiger partial charge on any atom is 0.268 e. The molecule has 1 aliphatic carbocycles. The van der Waals surface area contributed by atoms with Crippen LogP contribution in [0.5, 0.6) is 5.75 Å². The van der Waals surface area contributed by atoms with E-state index in [1.165, 1.54) is 17.1 Å². The SMILES string of the molecule is C=CC1=C(C)C2(CCC2)N(C)N(Cc2ccc(OCCN(CCC)CCC)c(F)c2F)C1=O. The third kappa shape index (κ3) is 4.85. The molecular formula is C26H37F2N3O2. The molecule has 1 heterocycles. The number of carbonyl (C=O) groups excluding carboxylic acids is 1. The van der Waals surface area contributed by atoms with E-state index in [4.69, 9.17) is 4.74 Å². The van der Waals surface area contributed by atoms with Gasteiger partial charge in [0.15, 0.2) is 11.6 Å². The van der Waals surface area contributed by atoms with Crippen molar-refractivity contribution in [1.29, 1.82) is 0 Å². The quantitative estimate of drug-likeness (QED) is 0.461. The highest BCUT2D eigenvalue weighted by molar-refractivity contribution is 5.98.